The average Bonchev–Trinajstić information content (AvgIpc) is 2.96. The highest BCUT2D eigenvalue weighted by atomic mass is 35.5. The molecule has 1 amide bonds. The van der Waals surface area contributed by atoms with Gasteiger partial charge >= 0.3 is 5.97 Å². The highest BCUT2D eigenvalue weighted by Gasteiger charge is 2.33. The van der Waals surface area contributed by atoms with E-state index < -0.39 is 24.1 Å². The summed E-state index contributed by atoms with van der Waals surface area (Å²) in [5, 5.41) is 0.570. The van der Waals surface area contributed by atoms with Crippen molar-refractivity contribution in [1.82, 2.24) is 0 Å². The van der Waals surface area contributed by atoms with Gasteiger partial charge < -0.3 is 15.2 Å². The van der Waals surface area contributed by atoms with E-state index in [2.05, 4.69) is 0 Å². The Hall–Kier alpha value is -2.53. The van der Waals surface area contributed by atoms with Crippen LogP contribution in [0.15, 0.2) is 48.5 Å². The van der Waals surface area contributed by atoms with Gasteiger partial charge in [-0.2, -0.15) is 0 Å². The largest absolute Gasteiger partial charge is 0.478 e. The van der Waals surface area contributed by atoms with Gasteiger partial charge in [0.2, 0.25) is 6.10 Å². The minimum atomic E-state index is -1.14. The Morgan fingerprint density at radius 2 is 1.96 bits per heavy atom. The molecule has 0 aliphatic carbocycles. The average molecular weight is 332 g/mol. The van der Waals surface area contributed by atoms with E-state index in [1.165, 1.54) is 0 Å². The summed E-state index contributed by atoms with van der Waals surface area (Å²) < 4.78 is 10.8. The number of ether oxygens (including phenoxy) is 2. The molecule has 3 rings (SSSR count). The summed E-state index contributed by atoms with van der Waals surface area (Å²) in [6, 6.07) is 13.8. The Labute approximate surface area is 138 Å². The molecule has 1 heterocycles. The normalized spacial score (nSPS) is 17.0. The third kappa shape index (κ3) is 3.29. The zero-order chi connectivity index (χ0) is 16.4. The van der Waals surface area contributed by atoms with E-state index in [-0.39, 0.29) is 0 Å². The Kier molecular flexibility index (Phi) is 4.21. The van der Waals surface area contributed by atoms with Crippen molar-refractivity contribution in [2.45, 2.75) is 18.6 Å². The number of carbonyl (C=O) groups excluding carboxylic acids is 2. The van der Waals surface area contributed by atoms with Crippen LogP contribution in [-0.2, 0) is 20.7 Å². The van der Waals surface area contributed by atoms with Crippen LogP contribution in [0.1, 0.15) is 17.2 Å². The van der Waals surface area contributed by atoms with Crippen molar-refractivity contribution < 1.29 is 19.1 Å². The lowest BCUT2D eigenvalue weighted by Crippen LogP contribution is -2.33. The molecule has 0 radical (unpaired) electrons. The summed E-state index contributed by atoms with van der Waals surface area (Å²) >= 11 is 5.92. The number of hydrogen-bond donors (Lipinski definition) is 1. The summed E-state index contributed by atoms with van der Waals surface area (Å²) in [6.07, 6.45) is -1.61. The number of rotatable bonds is 4. The maximum Gasteiger partial charge on any atom is 0.348 e. The number of primary amides is 1. The molecule has 0 spiro atoms. The smallest absolute Gasteiger partial charge is 0.348 e. The molecule has 1 aliphatic rings. The summed E-state index contributed by atoms with van der Waals surface area (Å²) in [5.41, 5.74) is 6.69. The van der Waals surface area contributed by atoms with Crippen molar-refractivity contribution in [3.8, 4) is 5.75 Å². The molecule has 5 nitrogen and oxygen atoms in total. The second kappa shape index (κ2) is 6.30. The molecule has 6 heteroatoms. The van der Waals surface area contributed by atoms with Gasteiger partial charge in [-0.15, -0.1) is 0 Å². The fraction of sp³-hybridized carbons (Fsp3) is 0.176. The van der Waals surface area contributed by atoms with Crippen molar-refractivity contribution in [2.75, 3.05) is 0 Å². The first kappa shape index (κ1) is 15.4. The second-order valence-corrected chi connectivity index (χ2v) is 5.63. The van der Waals surface area contributed by atoms with Crippen LogP contribution in [0.2, 0.25) is 5.02 Å². The van der Waals surface area contributed by atoms with Crippen molar-refractivity contribution in [1.29, 1.82) is 0 Å². The van der Waals surface area contributed by atoms with Gasteiger partial charge in [0.05, 0.1) is 0 Å². The van der Waals surface area contributed by atoms with Crippen molar-refractivity contribution in [3.63, 3.8) is 0 Å². The molecule has 2 N–H and O–H groups in total. The Morgan fingerprint density at radius 1 is 1.22 bits per heavy atom. The minimum absolute atomic E-state index is 0.342. The summed E-state index contributed by atoms with van der Waals surface area (Å²) in [5.74, 6) is -0.778. The number of nitrogens with two attached hydrogens (primary N) is 1. The molecule has 2 atom stereocenters. The fourth-order valence-electron chi connectivity index (χ4n) is 2.46. The van der Waals surface area contributed by atoms with Crippen molar-refractivity contribution >= 4 is 23.5 Å². The van der Waals surface area contributed by atoms with E-state index in [1.54, 1.807) is 48.5 Å². The first-order valence-electron chi connectivity index (χ1n) is 7.04. The van der Waals surface area contributed by atoms with Gasteiger partial charge in [-0.05, 0) is 23.8 Å². The maximum absolute atomic E-state index is 12.3. The SMILES string of the molecule is NC(=O)[C@H](OC(=O)[C@H]1Cc2cc(Cl)ccc2O1)c1ccccc1. The van der Waals surface area contributed by atoms with Crippen molar-refractivity contribution in [3.05, 3.63) is 64.7 Å². The number of hydrogen-bond acceptors (Lipinski definition) is 4. The molecule has 1 aliphatic heterocycles. The number of esters is 1. The maximum atomic E-state index is 12.3. The summed E-state index contributed by atoms with van der Waals surface area (Å²) in [6.45, 7) is 0. The summed E-state index contributed by atoms with van der Waals surface area (Å²) in [4.78, 5) is 23.9. The topological polar surface area (TPSA) is 78.6 Å². The third-order valence-corrected chi connectivity index (χ3v) is 3.79. The molecule has 23 heavy (non-hydrogen) atoms. The van der Waals surface area contributed by atoms with Crippen LogP contribution in [0.5, 0.6) is 5.75 Å². The number of amides is 1. The summed E-state index contributed by atoms with van der Waals surface area (Å²) in [7, 11) is 0. The predicted octanol–water partition coefficient (Wildman–Crippen LogP) is 2.41. The molecule has 0 bridgehead atoms. The molecule has 2 aromatic rings. The minimum Gasteiger partial charge on any atom is -0.478 e. The Balaban J connectivity index is 1.73. The van der Waals surface area contributed by atoms with Gasteiger partial charge in [0.15, 0.2) is 6.10 Å². The fourth-order valence-corrected chi connectivity index (χ4v) is 2.65. The molecular formula is C17H14ClNO4. The van der Waals surface area contributed by atoms with Crippen LogP contribution >= 0.6 is 11.6 Å². The van der Waals surface area contributed by atoms with Gasteiger partial charge in [-0.3, -0.25) is 4.79 Å². The molecule has 2 aromatic carbocycles. The first-order valence-corrected chi connectivity index (χ1v) is 7.42. The highest BCUT2D eigenvalue weighted by Crippen LogP contribution is 2.32. The standard InChI is InChI=1S/C17H14ClNO4/c18-12-6-7-13-11(8-12)9-14(22-13)17(21)23-15(16(19)20)10-4-2-1-3-5-10/h1-8,14-15H,9H2,(H2,19,20)/t14-,15-/m1/s1. The van der Waals surface area contributed by atoms with Gasteiger partial charge in [0.1, 0.15) is 5.75 Å². The van der Waals surface area contributed by atoms with E-state index >= 15 is 0 Å². The zero-order valence-electron chi connectivity index (χ0n) is 12.1. The van der Waals surface area contributed by atoms with Gasteiger partial charge in [-0.1, -0.05) is 41.9 Å². The monoisotopic (exact) mass is 331 g/mol. The van der Waals surface area contributed by atoms with Crippen LogP contribution in [0.3, 0.4) is 0 Å². The van der Waals surface area contributed by atoms with Crippen LogP contribution in [0.25, 0.3) is 0 Å². The third-order valence-electron chi connectivity index (χ3n) is 3.55. The number of halogens is 1. The predicted molar refractivity (Wildman–Crippen MR) is 84.0 cm³/mol. The number of carbonyl (C=O) groups is 2. The highest BCUT2D eigenvalue weighted by molar-refractivity contribution is 6.30. The van der Waals surface area contributed by atoms with E-state index in [0.717, 1.165) is 5.56 Å². The zero-order valence-corrected chi connectivity index (χ0v) is 12.8. The van der Waals surface area contributed by atoms with Crippen LogP contribution in [0.4, 0.5) is 0 Å². The quantitative estimate of drug-likeness (QED) is 0.873. The van der Waals surface area contributed by atoms with Crippen LogP contribution in [-0.4, -0.2) is 18.0 Å². The number of fused-ring (bicyclic) bond motifs is 1. The molecule has 0 aromatic heterocycles. The van der Waals surface area contributed by atoms with E-state index in [0.29, 0.717) is 22.8 Å². The second-order valence-electron chi connectivity index (χ2n) is 5.19. The first-order chi connectivity index (χ1) is 11.0. The molecule has 0 unspecified atom stereocenters. The molecular weight excluding hydrogens is 318 g/mol. The van der Waals surface area contributed by atoms with Crippen LogP contribution in [0, 0.1) is 0 Å². The molecule has 0 saturated carbocycles. The lowest BCUT2D eigenvalue weighted by molar-refractivity contribution is -0.161. The molecule has 0 fully saturated rings. The van der Waals surface area contributed by atoms with Gasteiger partial charge in [0, 0.05) is 17.0 Å². The van der Waals surface area contributed by atoms with Crippen molar-refractivity contribution in [2.24, 2.45) is 5.73 Å². The Bertz CT molecular complexity index is 748. The lowest BCUT2D eigenvalue weighted by atomic mass is 10.1. The van der Waals surface area contributed by atoms with E-state index in [9.17, 15) is 9.59 Å². The van der Waals surface area contributed by atoms with Crippen LogP contribution < -0.4 is 10.5 Å². The Morgan fingerprint density at radius 3 is 2.65 bits per heavy atom. The lowest BCUT2D eigenvalue weighted by Gasteiger charge is -2.17. The van der Waals surface area contributed by atoms with E-state index in [1.807, 2.05) is 0 Å². The van der Waals surface area contributed by atoms with Gasteiger partial charge in [-0.25, -0.2) is 4.79 Å². The van der Waals surface area contributed by atoms with E-state index in [4.69, 9.17) is 26.8 Å². The molecule has 0 saturated heterocycles. The molecule has 118 valence electrons. The number of benzene rings is 2. The van der Waals surface area contributed by atoms with Gasteiger partial charge in [0.25, 0.3) is 5.91 Å².